The van der Waals surface area contributed by atoms with E-state index in [0.29, 0.717) is 0 Å². The third-order valence-electron chi connectivity index (χ3n) is 4.98. The van der Waals surface area contributed by atoms with Crippen LogP contribution < -0.4 is 0 Å². The molecule has 0 unspecified atom stereocenters. The molecule has 0 aliphatic carbocycles. The highest BCUT2D eigenvalue weighted by Crippen LogP contribution is 2.21. The van der Waals surface area contributed by atoms with E-state index in [1.54, 1.807) is 6.26 Å². The zero-order chi connectivity index (χ0) is 17.6. The Labute approximate surface area is 155 Å². The van der Waals surface area contributed by atoms with Crippen molar-refractivity contribution in [3.8, 4) is 11.3 Å². The van der Waals surface area contributed by atoms with Gasteiger partial charge in [-0.2, -0.15) is 0 Å². The van der Waals surface area contributed by atoms with Crippen molar-refractivity contribution in [1.29, 1.82) is 0 Å². The molecule has 1 saturated heterocycles. The van der Waals surface area contributed by atoms with Crippen LogP contribution in [-0.2, 0) is 13.1 Å². The van der Waals surface area contributed by atoms with Gasteiger partial charge < -0.3 is 4.42 Å². The molecular weight excluding hydrogens is 322 g/mol. The van der Waals surface area contributed by atoms with Gasteiger partial charge in [0.2, 0.25) is 0 Å². The van der Waals surface area contributed by atoms with Crippen LogP contribution in [0.15, 0.2) is 71.6 Å². The highest BCUT2D eigenvalue weighted by atomic mass is 16.3. The number of nitrogens with zero attached hydrogens (tertiary/aromatic N) is 3. The summed E-state index contributed by atoms with van der Waals surface area (Å²) >= 11 is 0. The second-order valence-corrected chi connectivity index (χ2v) is 6.94. The molecule has 2 aromatic heterocycles. The number of aromatic nitrogens is 1. The molecule has 0 N–H and O–H groups in total. The van der Waals surface area contributed by atoms with Crippen LogP contribution in [0.4, 0.5) is 0 Å². The summed E-state index contributed by atoms with van der Waals surface area (Å²) in [6, 6.07) is 16.9. The molecule has 1 aliphatic rings. The molecule has 1 aromatic carbocycles. The molecule has 0 atom stereocenters. The Morgan fingerprint density at radius 3 is 2.31 bits per heavy atom. The molecule has 0 bridgehead atoms. The van der Waals surface area contributed by atoms with Crippen LogP contribution in [0.2, 0.25) is 0 Å². The van der Waals surface area contributed by atoms with Crippen molar-refractivity contribution in [3.63, 3.8) is 0 Å². The average molecular weight is 347 g/mol. The molecular formula is C22H25N3O. The lowest BCUT2D eigenvalue weighted by Gasteiger charge is -2.22. The Hall–Kier alpha value is -2.43. The first-order valence-electron chi connectivity index (χ1n) is 9.33. The molecule has 4 rings (SSSR count). The highest BCUT2D eigenvalue weighted by molar-refractivity contribution is 5.58. The SMILES string of the molecule is c1cc(CN2CCCN(Cc3ccncc3)CC2)cc(-c2ccco2)c1. The summed E-state index contributed by atoms with van der Waals surface area (Å²) in [6.07, 6.45) is 6.70. The van der Waals surface area contributed by atoms with Gasteiger partial charge in [-0.3, -0.25) is 14.8 Å². The van der Waals surface area contributed by atoms with E-state index in [0.717, 1.165) is 50.6 Å². The molecule has 3 aromatic rings. The Kier molecular flexibility index (Phi) is 5.43. The number of furan rings is 1. The molecule has 4 heteroatoms. The Morgan fingerprint density at radius 2 is 1.58 bits per heavy atom. The molecule has 4 nitrogen and oxygen atoms in total. The molecule has 0 radical (unpaired) electrons. The Morgan fingerprint density at radius 1 is 0.808 bits per heavy atom. The summed E-state index contributed by atoms with van der Waals surface area (Å²) in [6.45, 7) is 6.54. The Bertz CT molecular complexity index is 801. The van der Waals surface area contributed by atoms with Crippen molar-refractivity contribution in [3.05, 3.63) is 78.3 Å². The van der Waals surface area contributed by atoms with Crippen molar-refractivity contribution in [1.82, 2.24) is 14.8 Å². The summed E-state index contributed by atoms with van der Waals surface area (Å²) in [5, 5.41) is 0. The summed E-state index contributed by atoms with van der Waals surface area (Å²) < 4.78 is 5.53. The number of benzene rings is 1. The molecule has 1 fully saturated rings. The second-order valence-electron chi connectivity index (χ2n) is 6.94. The third-order valence-corrected chi connectivity index (χ3v) is 4.98. The number of hydrogen-bond donors (Lipinski definition) is 0. The second kappa shape index (κ2) is 8.30. The maximum absolute atomic E-state index is 5.53. The van der Waals surface area contributed by atoms with Gasteiger partial charge in [0.25, 0.3) is 0 Å². The fourth-order valence-electron chi connectivity index (χ4n) is 3.61. The lowest BCUT2D eigenvalue weighted by atomic mass is 10.1. The minimum Gasteiger partial charge on any atom is -0.464 e. The van der Waals surface area contributed by atoms with Crippen LogP contribution >= 0.6 is 0 Å². The number of rotatable bonds is 5. The van der Waals surface area contributed by atoms with E-state index >= 15 is 0 Å². The molecule has 1 aliphatic heterocycles. The van der Waals surface area contributed by atoms with Crippen LogP contribution in [0, 0.1) is 0 Å². The van der Waals surface area contributed by atoms with Crippen molar-refractivity contribution in [2.45, 2.75) is 19.5 Å². The maximum atomic E-state index is 5.53. The molecule has 3 heterocycles. The van der Waals surface area contributed by atoms with E-state index in [2.05, 4.69) is 51.2 Å². The van der Waals surface area contributed by atoms with Crippen molar-refractivity contribution >= 4 is 0 Å². The van der Waals surface area contributed by atoms with Crippen LogP contribution in [-0.4, -0.2) is 41.0 Å². The molecule has 0 saturated carbocycles. The van der Waals surface area contributed by atoms with E-state index in [4.69, 9.17) is 4.42 Å². The summed E-state index contributed by atoms with van der Waals surface area (Å²) in [4.78, 5) is 9.22. The predicted octanol–water partition coefficient (Wildman–Crippen LogP) is 4.05. The smallest absolute Gasteiger partial charge is 0.133 e. The number of pyridine rings is 1. The minimum absolute atomic E-state index is 0.936. The van der Waals surface area contributed by atoms with Crippen molar-refractivity contribution in [2.75, 3.05) is 26.2 Å². The van der Waals surface area contributed by atoms with Gasteiger partial charge in [-0.15, -0.1) is 0 Å². The average Bonchev–Trinajstić information content (AvgIpc) is 3.13. The zero-order valence-electron chi connectivity index (χ0n) is 15.1. The van der Waals surface area contributed by atoms with E-state index in [1.165, 1.54) is 17.5 Å². The topological polar surface area (TPSA) is 32.5 Å². The molecule has 26 heavy (non-hydrogen) atoms. The van der Waals surface area contributed by atoms with E-state index in [1.807, 2.05) is 24.5 Å². The van der Waals surface area contributed by atoms with Crippen LogP contribution in [0.3, 0.4) is 0 Å². The normalized spacial score (nSPS) is 16.5. The van der Waals surface area contributed by atoms with E-state index < -0.39 is 0 Å². The monoisotopic (exact) mass is 347 g/mol. The largest absolute Gasteiger partial charge is 0.464 e. The lowest BCUT2D eigenvalue weighted by Crippen LogP contribution is -2.30. The van der Waals surface area contributed by atoms with Gasteiger partial charge in [0, 0.05) is 44.1 Å². The number of hydrogen-bond acceptors (Lipinski definition) is 4. The van der Waals surface area contributed by atoms with Crippen molar-refractivity contribution in [2.24, 2.45) is 0 Å². The van der Waals surface area contributed by atoms with Gasteiger partial charge in [-0.25, -0.2) is 0 Å². The van der Waals surface area contributed by atoms with Crippen LogP contribution in [0.1, 0.15) is 17.5 Å². The fraction of sp³-hybridized carbons (Fsp3) is 0.318. The Balaban J connectivity index is 1.35. The van der Waals surface area contributed by atoms with E-state index in [-0.39, 0.29) is 0 Å². The van der Waals surface area contributed by atoms with Gasteiger partial charge in [-0.1, -0.05) is 18.2 Å². The third kappa shape index (κ3) is 4.40. The van der Waals surface area contributed by atoms with E-state index in [9.17, 15) is 0 Å². The van der Waals surface area contributed by atoms with Gasteiger partial charge in [-0.05, 0) is 61.0 Å². The van der Waals surface area contributed by atoms with Gasteiger partial charge in [0.15, 0.2) is 0 Å². The van der Waals surface area contributed by atoms with Gasteiger partial charge in [0.1, 0.15) is 5.76 Å². The standard InChI is InChI=1S/C22H25N3O/c1-4-20(16-21(5-1)22-6-2-15-26-22)18-25-12-3-11-24(13-14-25)17-19-7-9-23-10-8-19/h1-2,4-10,15-16H,3,11-14,17-18H2. The lowest BCUT2D eigenvalue weighted by molar-refractivity contribution is 0.247. The van der Waals surface area contributed by atoms with Crippen LogP contribution in [0.25, 0.3) is 11.3 Å². The predicted molar refractivity (Wildman–Crippen MR) is 104 cm³/mol. The zero-order valence-corrected chi connectivity index (χ0v) is 15.1. The van der Waals surface area contributed by atoms with Gasteiger partial charge >= 0.3 is 0 Å². The molecule has 134 valence electrons. The van der Waals surface area contributed by atoms with Crippen LogP contribution in [0.5, 0.6) is 0 Å². The summed E-state index contributed by atoms with van der Waals surface area (Å²) in [7, 11) is 0. The first-order valence-corrected chi connectivity index (χ1v) is 9.33. The highest BCUT2D eigenvalue weighted by Gasteiger charge is 2.15. The van der Waals surface area contributed by atoms with Gasteiger partial charge in [0.05, 0.1) is 6.26 Å². The summed E-state index contributed by atoms with van der Waals surface area (Å²) in [5.41, 5.74) is 3.85. The maximum Gasteiger partial charge on any atom is 0.133 e. The summed E-state index contributed by atoms with van der Waals surface area (Å²) in [5.74, 6) is 0.936. The quantitative estimate of drug-likeness (QED) is 0.697. The van der Waals surface area contributed by atoms with Crippen molar-refractivity contribution < 1.29 is 4.42 Å². The minimum atomic E-state index is 0.936. The fourth-order valence-corrected chi connectivity index (χ4v) is 3.61. The molecule has 0 spiro atoms. The molecule has 0 amide bonds. The first kappa shape index (κ1) is 17.0. The first-order chi connectivity index (χ1) is 12.9.